The highest BCUT2D eigenvalue weighted by Gasteiger charge is 2.22. The van der Waals surface area contributed by atoms with Gasteiger partial charge in [0.1, 0.15) is 11.5 Å². The maximum atomic E-state index is 5.60. The van der Waals surface area contributed by atoms with Crippen molar-refractivity contribution in [1.29, 1.82) is 0 Å². The van der Waals surface area contributed by atoms with Crippen LogP contribution in [0.15, 0.2) is 24.5 Å². The second-order valence-electron chi connectivity index (χ2n) is 7.02. The third-order valence-corrected chi connectivity index (χ3v) is 5.19. The zero-order valence-corrected chi connectivity index (χ0v) is 16.3. The summed E-state index contributed by atoms with van der Waals surface area (Å²) in [5.41, 5.74) is 2.48. The first-order valence-electron chi connectivity index (χ1n) is 9.88. The van der Waals surface area contributed by atoms with Crippen LogP contribution in [-0.2, 0) is 16.0 Å². The van der Waals surface area contributed by atoms with E-state index in [1.54, 1.807) is 13.2 Å². The SMILES string of the molecule is CNc1ncc2c(-c3ccc(N4CCNCC4)nc3)nn(CC3OCCO3)c2n1. The first kappa shape index (κ1) is 18.2. The Bertz CT molecular complexity index is 978. The van der Waals surface area contributed by atoms with Crippen LogP contribution in [0.1, 0.15) is 0 Å². The maximum Gasteiger partial charge on any atom is 0.224 e. The number of piperazine rings is 1. The van der Waals surface area contributed by atoms with E-state index in [4.69, 9.17) is 14.6 Å². The van der Waals surface area contributed by atoms with E-state index >= 15 is 0 Å². The van der Waals surface area contributed by atoms with Crippen LogP contribution in [0.5, 0.6) is 0 Å². The summed E-state index contributed by atoms with van der Waals surface area (Å²) in [7, 11) is 1.80. The Morgan fingerprint density at radius 3 is 2.69 bits per heavy atom. The molecule has 10 nitrogen and oxygen atoms in total. The molecule has 3 aromatic rings. The molecule has 0 amide bonds. The Morgan fingerprint density at radius 1 is 1.14 bits per heavy atom. The molecule has 152 valence electrons. The largest absolute Gasteiger partial charge is 0.357 e. The van der Waals surface area contributed by atoms with E-state index in [0.29, 0.717) is 25.7 Å². The summed E-state index contributed by atoms with van der Waals surface area (Å²) < 4.78 is 13.0. The van der Waals surface area contributed by atoms with Gasteiger partial charge >= 0.3 is 0 Å². The predicted molar refractivity (Wildman–Crippen MR) is 109 cm³/mol. The van der Waals surface area contributed by atoms with Gasteiger partial charge in [0.25, 0.3) is 0 Å². The molecule has 10 heteroatoms. The second kappa shape index (κ2) is 7.90. The fourth-order valence-corrected chi connectivity index (χ4v) is 3.68. The van der Waals surface area contributed by atoms with Crippen molar-refractivity contribution < 1.29 is 9.47 Å². The molecule has 2 fully saturated rings. The third kappa shape index (κ3) is 3.61. The molecule has 0 saturated carbocycles. The van der Waals surface area contributed by atoms with Crippen LogP contribution in [0.3, 0.4) is 0 Å². The topological polar surface area (TPSA) is 102 Å². The molecule has 0 bridgehead atoms. The average Bonchev–Trinajstić information content (AvgIpc) is 3.43. The number of nitrogens with one attached hydrogen (secondary N) is 2. The predicted octanol–water partition coefficient (Wildman–Crippen LogP) is 0.712. The summed E-state index contributed by atoms with van der Waals surface area (Å²) in [6.45, 7) is 5.57. The summed E-state index contributed by atoms with van der Waals surface area (Å²) in [6, 6.07) is 4.11. The summed E-state index contributed by atoms with van der Waals surface area (Å²) in [4.78, 5) is 15.9. The molecular weight excluding hydrogens is 372 g/mol. The van der Waals surface area contributed by atoms with Crippen molar-refractivity contribution in [3.05, 3.63) is 24.5 Å². The molecule has 0 aromatic carbocycles. The molecule has 0 atom stereocenters. The minimum atomic E-state index is -0.313. The van der Waals surface area contributed by atoms with Gasteiger partial charge in [-0.1, -0.05) is 0 Å². The fourth-order valence-electron chi connectivity index (χ4n) is 3.68. The first-order valence-corrected chi connectivity index (χ1v) is 9.88. The Balaban J connectivity index is 1.50. The van der Waals surface area contributed by atoms with Crippen LogP contribution in [0, 0.1) is 0 Å². The zero-order chi connectivity index (χ0) is 19.6. The van der Waals surface area contributed by atoms with Crippen molar-refractivity contribution in [2.24, 2.45) is 0 Å². The third-order valence-electron chi connectivity index (χ3n) is 5.19. The normalized spacial score (nSPS) is 17.9. The van der Waals surface area contributed by atoms with Gasteiger partial charge in [0.15, 0.2) is 11.9 Å². The van der Waals surface area contributed by atoms with Gasteiger partial charge in [-0.2, -0.15) is 10.1 Å². The van der Waals surface area contributed by atoms with Gasteiger partial charge in [0.05, 0.1) is 25.1 Å². The number of ether oxygens (including phenoxy) is 2. The van der Waals surface area contributed by atoms with Crippen molar-refractivity contribution in [3.63, 3.8) is 0 Å². The van der Waals surface area contributed by atoms with Crippen LogP contribution >= 0.6 is 0 Å². The van der Waals surface area contributed by atoms with Crippen LogP contribution in [-0.4, -0.2) is 77.5 Å². The van der Waals surface area contributed by atoms with Crippen molar-refractivity contribution in [2.75, 3.05) is 56.7 Å². The monoisotopic (exact) mass is 396 g/mol. The molecule has 0 unspecified atom stereocenters. The highest BCUT2D eigenvalue weighted by molar-refractivity contribution is 5.91. The Morgan fingerprint density at radius 2 is 1.97 bits per heavy atom. The number of aromatic nitrogens is 5. The molecule has 5 rings (SSSR count). The fraction of sp³-hybridized carbons (Fsp3) is 0.474. The van der Waals surface area contributed by atoms with Crippen LogP contribution in [0.25, 0.3) is 22.3 Å². The Labute approximate surface area is 168 Å². The lowest BCUT2D eigenvalue weighted by molar-refractivity contribution is -0.0538. The number of pyridine rings is 1. The smallest absolute Gasteiger partial charge is 0.224 e. The van der Waals surface area contributed by atoms with Gasteiger partial charge in [-0.05, 0) is 12.1 Å². The van der Waals surface area contributed by atoms with Gasteiger partial charge in [0.2, 0.25) is 5.95 Å². The molecule has 2 N–H and O–H groups in total. The summed E-state index contributed by atoms with van der Waals surface area (Å²) in [5, 5.41) is 12.0. The Hall–Kier alpha value is -2.82. The van der Waals surface area contributed by atoms with E-state index in [1.165, 1.54) is 0 Å². The molecule has 5 heterocycles. The lowest BCUT2D eigenvalue weighted by Crippen LogP contribution is -2.43. The number of nitrogens with zero attached hydrogens (tertiary/aromatic N) is 6. The summed E-state index contributed by atoms with van der Waals surface area (Å²) >= 11 is 0. The first-order chi connectivity index (χ1) is 14.3. The molecule has 0 spiro atoms. The molecule has 0 radical (unpaired) electrons. The van der Waals surface area contributed by atoms with Crippen LogP contribution in [0.4, 0.5) is 11.8 Å². The van der Waals surface area contributed by atoms with Gasteiger partial charge in [-0.25, -0.2) is 14.6 Å². The molecule has 2 aliphatic heterocycles. The molecule has 2 saturated heterocycles. The van der Waals surface area contributed by atoms with E-state index in [2.05, 4.69) is 42.6 Å². The average molecular weight is 396 g/mol. The zero-order valence-electron chi connectivity index (χ0n) is 16.3. The molecule has 3 aromatic heterocycles. The molecule has 0 aliphatic carbocycles. The molecular formula is C19H24N8O2. The molecule has 2 aliphatic rings. The number of fused-ring (bicyclic) bond motifs is 1. The highest BCUT2D eigenvalue weighted by Crippen LogP contribution is 2.28. The summed E-state index contributed by atoms with van der Waals surface area (Å²) in [5.74, 6) is 1.53. The quantitative estimate of drug-likeness (QED) is 0.645. The maximum absolute atomic E-state index is 5.60. The van der Waals surface area contributed by atoms with E-state index in [1.807, 2.05) is 10.9 Å². The number of hydrogen-bond acceptors (Lipinski definition) is 9. The van der Waals surface area contributed by atoms with E-state index in [0.717, 1.165) is 54.3 Å². The van der Waals surface area contributed by atoms with Crippen molar-refractivity contribution in [2.45, 2.75) is 12.8 Å². The van der Waals surface area contributed by atoms with Crippen LogP contribution < -0.4 is 15.5 Å². The van der Waals surface area contributed by atoms with E-state index < -0.39 is 0 Å². The number of hydrogen-bond donors (Lipinski definition) is 2. The Kier molecular flexibility index (Phi) is 4.96. The van der Waals surface area contributed by atoms with Gasteiger partial charge in [-0.3, -0.25) is 0 Å². The van der Waals surface area contributed by atoms with E-state index in [-0.39, 0.29) is 6.29 Å². The second-order valence-corrected chi connectivity index (χ2v) is 7.02. The highest BCUT2D eigenvalue weighted by atomic mass is 16.7. The lowest BCUT2D eigenvalue weighted by atomic mass is 10.1. The standard InChI is InChI=1S/C19H24N8O2/c1-20-19-23-11-14-17(25-27(18(14)24-19)12-16-28-8-9-29-16)13-2-3-15(22-10-13)26-6-4-21-5-7-26/h2-3,10-11,16,21H,4-9,12H2,1H3,(H,20,23,24). The van der Waals surface area contributed by atoms with Crippen molar-refractivity contribution in [1.82, 2.24) is 30.0 Å². The van der Waals surface area contributed by atoms with Crippen molar-refractivity contribution >= 4 is 22.8 Å². The van der Waals surface area contributed by atoms with Gasteiger partial charge in [-0.15, -0.1) is 0 Å². The summed E-state index contributed by atoms with van der Waals surface area (Å²) in [6.07, 6.45) is 3.36. The minimum Gasteiger partial charge on any atom is -0.357 e. The van der Waals surface area contributed by atoms with Gasteiger partial charge in [0, 0.05) is 51.2 Å². The lowest BCUT2D eigenvalue weighted by Gasteiger charge is -2.28. The van der Waals surface area contributed by atoms with Crippen LogP contribution in [0.2, 0.25) is 0 Å². The number of anilines is 2. The molecule has 29 heavy (non-hydrogen) atoms. The number of rotatable bonds is 5. The van der Waals surface area contributed by atoms with Crippen molar-refractivity contribution in [3.8, 4) is 11.3 Å². The van der Waals surface area contributed by atoms with E-state index in [9.17, 15) is 0 Å². The minimum absolute atomic E-state index is 0.313. The van der Waals surface area contributed by atoms with Gasteiger partial charge < -0.3 is 25.0 Å².